The van der Waals surface area contributed by atoms with Crippen LogP contribution in [-0.2, 0) is 17.5 Å². The highest BCUT2D eigenvalue weighted by Crippen LogP contribution is 2.53. The Bertz CT molecular complexity index is 1210. The Balaban J connectivity index is 1.07. The van der Waals surface area contributed by atoms with Crippen molar-refractivity contribution in [1.29, 1.82) is 0 Å². The van der Waals surface area contributed by atoms with E-state index in [-0.39, 0.29) is 23.7 Å². The van der Waals surface area contributed by atoms with E-state index in [0.717, 1.165) is 25.0 Å². The van der Waals surface area contributed by atoms with E-state index < -0.39 is 17.8 Å². The highest BCUT2D eigenvalue weighted by Gasteiger charge is 2.54. The number of carbonyl (C=O) groups is 2. The van der Waals surface area contributed by atoms with E-state index in [9.17, 15) is 22.8 Å². The molecule has 1 aliphatic carbocycles. The third kappa shape index (κ3) is 4.29. The molecular weight excluding hydrogens is 437 g/mol. The lowest BCUT2D eigenvalue weighted by molar-refractivity contribution is -0.137. The molecule has 1 saturated carbocycles. The maximum absolute atomic E-state index is 12.8. The first-order valence-corrected chi connectivity index (χ1v) is 10.6. The Hall–Kier alpha value is -3.43. The summed E-state index contributed by atoms with van der Waals surface area (Å²) in [5.74, 6) is 0.338. The number of nitrogens with zero attached hydrogens (tertiary/aromatic N) is 3. The average Bonchev–Trinajstić information content (AvgIpc) is 3.20. The van der Waals surface area contributed by atoms with Gasteiger partial charge in [-0.25, -0.2) is 4.79 Å². The fraction of sp³-hybridized carbons (Fsp3) is 0.391. The van der Waals surface area contributed by atoms with Crippen molar-refractivity contribution in [2.75, 3.05) is 13.1 Å². The molecule has 0 atom stereocenters. The van der Waals surface area contributed by atoms with Crippen molar-refractivity contribution in [3.8, 4) is 0 Å². The van der Waals surface area contributed by atoms with E-state index in [1.807, 2.05) is 0 Å². The van der Waals surface area contributed by atoms with Gasteiger partial charge in [0.2, 0.25) is 0 Å². The third-order valence-electron chi connectivity index (χ3n) is 6.48. The summed E-state index contributed by atoms with van der Waals surface area (Å²) in [5.41, 5.74) is 1.53. The van der Waals surface area contributed by atoms with E-state index >= 15 is 0 Å². The number of fused-ring (bicyclic) bond motifs is 1. The number of rotatable bonds is 5. The first kappa shape index (κ1) is 21.4. The summed E-state index contributed by atoms with van der Waals surface area (Å²) < 4.78 is 43.6. The first-order valence-electron chi connectivity index (χ1n) is 10.6. The number of hydrogen-bond acceptors (Lipinski definition) is 5. The fourth-order valence-electron chi connectivity index (χ4n) is 4.93. The lowest BCUT2D eigenvalue weighted by Crippen LogP contribution is -2.63. The van der Waals surface area contributed by atoms with Crippen LogP contribution in [0.3, 0.4) is 0 Å². The summed E-state index contributed by atoms with van der Waals surface area (Å²) >= 11 is 0. The smallest absolute Gasteiger partial charge is 0.416 e. The van der Waals surface area contributed by atoms with E-state index in [0.29, 0.717) is 41.7 Å². The van der Waals surface area contributed by atoms with Crippen LogP contribution in [0.15, 0.2) is 42.5 Å². The minimum Gasteiger partial charge on any atom is -0.445 e. The summed E-state index contributed by atoms with van der Waals surface area (Å²) in [6.45, 7) is 0.882. The van der Waals surface area contributed by atoms with Crippen molar-refractivity contribution in [1.82, 2.24) is 20.3 Å². The summed E-state index contributed by atoms with van der Waals surface area (Å²) in [6, 6.07) is 10.0. The normalized spacial score (nSPS) is 17.6. The van der Waals surface area contributed by atoms with E-state index in [2.05, 4.69) is 15.4 Å². The molecule has 0 bridgehead atoms. The van der Waals surface area contributed by atoms with Gasteiger partial charge in [-0.1, -0.05) is 12.1 Å². The molecule has 5 rings (SSSR count). The second-order valence-electron chi connectivity index (χ2n) is 9.04. The molecule has 1 aliphatic heterocycles. The van der Waals surface area contributed by atoms with Gasteiger partial charge in [-0.2, -0.15) is 28.6 Å². The number of alkyl halides is 3. The Morgan fingerprint density at radius 1 is 1.09 bits per heavy atom. The highest BCUT2D eigenvalue weighted by atomic mass is 19.4. The Morgan fingerprint density at radius 2 is 1.85 bits per heavy atom. The van der Waals surface area contributed by atoms with Gasteiger partial charge in [-0.3, -0.25) is 4.79 Å². The molecule has 0 unspecified atom stereocenters. The Labute approximate surface area is 186 Å². The van der Waals surface area contributed by atoms with Gasteiger partial charge in [-0.15, -0.1) is 0 Å². The Kier molecular flexibility index (Phi) is 5.10. The van der Waals surface area contributed by atoms with Crippen molar-refractivity contribution in [2.45, 2.75) is 32.0 Å². The number of aromatic nitrogens is 3. The lowest BCUT2D eigenvalue weighted by atomic mass is 9.56. The largest absolute Gasteiger partial charge is 0.445 e. The van der Waals surface area contributed by atoms with Gasteiger partial charge in [0.05, 0.1) is 5.56 Å². The third-order valence-corrected chi connectivity index (χ3v) is 6.48. The molecule has 7 nitrogen and oxygen atoms in total. The number of amides is 1. The van der Waals surface area contributed by atoms with Crippen molar-refractivity contribution in [3.63, 3.8) is 0 Å². The second-order valence-corrected chi connectivity index (χ2v) is 9.04. The van der Waals surface area contributed by atoms with E-state index in [4.69, 9.17) is 4.74 Å². The van der Waals surface area contributed by atoms with Crippen LogP contribution >= 0.6 is 0 Å². The van der Waals surface area contributed by atoms with Gasteiger partial charge in [0.25, 0.3) is 0 Å². The molecule has 1 amide bonds. The van der Waals surface area contributed by atoms with Crippen LogP contribution in [0.4, 0.5) is 18.0 Å². The van der Waals surface area contributed by atoms with Crippen LogP contribution in [0, 0.1) is 11.3 Å². The molecule has 33 heavy (non-hydrogen) atoms. The maximum atomic E-state index is 12.8. The van der Waals surface area contributed by atoms with Gasteiger partial charge in [0.15, 0.2) is 5.78 Å². The van der Waals surface area contributed by atoms with Crippen LogP contribution in [0.25, 0.3) is 11.0 Å². The highest BCUT2D eigenvalue weighted by molar-refractivity contribution is 5.98. The van der Waals surface area contributed by atoms with Gasteiger partial charge >= 0.3 is 12.3 Å². The number of carbonyl (C=O) groups excluding carboxylic acids is 2. The standard InChI is InChI=1S/C23H21F3N4O3/c24-23(25,26)17-3-1-2-14(6-17)11-33-21(32)30-12-22(13-30)9-15(10-22)7-20(31)16-4-5-18-19(8-16)28-29-27-18/h1-6,8,15H,7,9-13H2,(H,27,28,29). The number of benzene rings is 2. The molecule has 1 aromatic heterocycles. The number of H-pyrrole nitrogens is 1. The minimum absolute atomic E-state index is 0.0240. The number of halogens is 3. The molecule has 2 aliphatic rings. The predicted molar refractivity (Wildman–Crippen MR) is 111 cm³/mol. The minimum atomic E-state index is -4.44. The quantitative estimate of drug-likeness (QED) is 0.565. The van der Waals surface area contributed by atoms with Crippen molar-refractivity contribution >= 4 is 22.9 Å². The van der Waals surface area contributed by atoms with Gasteiger partial charge in [0.1, 0.15) is 17.6 Å². The zero-order chi connectivity index (χ0) is 23.2. The summed E-state index contributed by atoms with van der Waals surface area (Å²) in [5, 5.41) is 10.5. The lowest BCUT2D eigenvalue weighted by Gasteiger charge is -2.58. The topological polar surface area (TPSA) is 88.2 Å². The zero-order valence-electron chi connectivity index (χ0n) is 17.6. The molecule has 2 heterocycles. The van der Waals surface area contributed by atoms with Crippen molar-refractivity contribution < 1.29 is 27.5 Å². The first-order chi connectivity index (χ1) is 15.7. The van der Waals surface area contributed by atoms with Gasteiger partial charge in [0, 0.05) is 30.5 Å². The fourth-order valence-corrected chi connectivity index (χ4v) is 4.93. The van der Waals surface area contributed by atoms with Crippen LogP contribution in [0.2, 0.25) is 0 Å². The number of ketones is 1. The molecular formula is C23H21F3N4O3. The van der Waals surface area contributed by atoms with Crippen molar-refractivity contribution in [3.05, 3.63) is 59.2 Å². The molecule has 10 heteroatoms. The summed E-state index contributed by atoms with van der Waals surface area (Å²) in [4.78, 5) is 26.4. The number of likely N-dealkylation sites (tertiary alicyclic amines) is 1. The molecule has 2 aromatic carbocycles. The van der Waals surface area contributed by atoms with Crippen LogP contribution < -0.4 is 0 Å². The summed E-state index contributed by atoms with van der Waals surface area (Å²) in [7, 11) is 0. The van der Waals surface area contributed by atoms with Crippen molar-refractivity contribution in [2.24, 2.45) is 11.3 Å². The monoisotopic (exact) mass is 458 g/mol. The number of hydrogen-bond donors (Lipinski definition) is 1. The molecule has 1 saturated heterocycles. The maximum Gasteiger partial charge on any atom is 0.416 e. The molecule has 1 N–H and O–H groups in total. The number of ether oxygens (including phenoxy) is 1. The molecule has 3 aromatic rings. The summed E-state index contributed by atoms with van der Waals surface area (Å²) in [6.07, 6.45) is -2.79. The number of aromatic amines is 1. The average molecular weight is 458 g/mol. The second kappa shape index (κ2) is 7.86. The molecule has 1 spiro atoms. The SMILES string of the molecule is O=C(CC1CC2(C1)CN(C(=O)OCc1cccc(C(F)(F)F)c1)C2)c1ccc2n[nH]nc2c1. The molecule has 2 fully saturated rings. The van der Waals surface area contributed by atoms with E-state index in [1.165, 1.54) is 12.1 Å². The zero-order valence-corrected chi connectivity index (χ0v) is 17.6. The van der Waals surface area contributed by atoms with Gasteiger partial charge < -0.3 is 9.64 Å². The molecule has 172 valence electrons. The van der Waals surface area contributed by atoms with E-state index in [1.54, 1.807) is 23.1 Å². The van der Waals surface area contributed by atoms with Crippen LogP contribution in [-0.4, -0.2) is 45.3 Å². The van der Waals surface area contributed by atoms with Crippen LogP contribution in [0.5, 0.6) is 0 Å². The van der Waals surface area contributed by atoms with Gasteiger partial charge in [-0.05, 0) is 54.7 Å². The van der Waals surface area contributed by atoms with Crippen LogP contribution in [0.1, 0.15) is 40.7 Å². The Morgan fingerprint density at radius 3 is 2.61 bits per heavy atom. The molecule has 0 radical (unpaired) electrons. The number of nitrogens with one attached hydrogen (secondary N) is 1. The predicted octanol–water partition coefficient (Wildman–Crippen LogP) is 4.60. The number of Topliss-reactive ketones (excluding diaryl/α,β-unsaturated/α-hetero) is 1.